The third kappa shape index (κ3) is 6.80. The zero-order valence-electron chi connectivity index (χ0n) is 21.2. The standard InChI is InChI=1S/C29H33N3O5/c1-19(33)21-5-3-20(4-6-21)17-30-23-13-15-32(16-14-23)18-26(34)25-9-7-22(8-12-28(35)36)24-10-11-27(37-2)31-29(24)25/h3-12,23,26,30,34H,13-18H2,1-2H3,(H,35,36)/b12-8+. The van der Waals surface area contributed by atoms with Gasteiger partial charge in [-0.3, -0.25) is 4.79 Å². The van der Waals surface area contributed by atoms with Crippen molar-refractivity contribution in [1.82, 2.24) is 15.2 Å². The van der Waals surface area contributed by atoms with Gasteiger partial charge in [-0.25, -0.2) is 9.78 Å². The lowest BCUT2D eigenvalue weighted by molar-refractivity contribution is -0.131. The van der Waals surface area contributed by atoms with E-state index in [4.69, 9.17) is 9.84 Å². The van der Waals surface area contributed by atoms with E-state index in [1.807, 2.05) is 42.5 Å². The molecule has 8 nitrogen and oxygen atoms in total. The number of carbonyl (C=O) groups is 2. The largest absolute Gasteiger partial charge is 0.481 e. The van der Waals surface area contributed by atoms with Crippen molar-refractivity contribution in [3.05, 3.63) is 76.9 Å². The molecule has 3 N–H and O–H groups in total. The van der Waals surface area contributed by atoms with Crippen molar-refractivity contribution in [1.29, 1.82) is 0 Å². The zero-order chi connectivity index (χ0) is 26.4. The highest BCUT2D eigenvalue weighted by Gasteiger charge is 2.23. The van der Waals surface area contributed by atoms with Gasteiger partial charge < -0.3 is 25.2 Å². The minimum absolute atomic E-state index is 0.0722. The van der Waals surface area contributed by atoms with Gasteiger partial charge in [-0.2, -0.15) is 0 Å². The molecule has 0 saturated carbocycles. The number of nitrogens with one attached hydrogen (secondary N) is 1. The van der Waals surface area contributed by atoms with Gasteiger partial charge in [0.05, 0.1) is 18.7 Å². The third-order valence-electron chi connectivity index (χ3n) is 6.84. The van der Waals surface area contributed by atoms with Crippen molar-refractivity contribution >= 4 is 28.7 Å². The first kappa shape index (κ1) is 26.5. The molecule has 0 amide bonds. The summed E-state index contributed by atoms with van der Waals surface area (Å²) in [5, 5.41) is 24.5. The summed E-state index contributed by atoms with van der Waals surface area (Å²) in [7, 11) is 1.54. The number of carboxylic acid groups (broad SMARTS) is 1. The monoisotopic (exact) mass is 503 g/mol. The maximum Gasteiger partial charge on any atom is 0.328 e. The Labute approximate surface area is 216 Å². The third-order valence-corrected chi connectivity index (χ3v) is 6.84. The van der Waals surface area contributed by atoms with Crippen molar-refractivity contribution in [2.45, 2.75) is 38.5 Å². The number of methoxy groups -OCH3 is 1. The molecule has 2 heterocycles. The summed E-state index contributed by atoms with van der Waals surface area (Å²) < 4.78 is 5.29. The van der Waals surface area contributed by atoms with Gasteiger partial charge in [0.2, 0.25) is 5.88 Å². The number of aliphatic carboxylic acids is 1. The predicted molar refractivity (Wildman–Crippen MR) is 143 cm³/mol. The highest BCUT2D eigenvalue weighted by molar-refractivity contribution is 5.95. The lowest BCUT2D eigenvalue weighted by Crippen LogP contribution is -2.43. The van der Waals surface area contributed by atoms with Gasteiger partial charge in [0, 0.05) is 47.8 Å². The first-order valence-electron chi connectivity index (χ1n) is 12.5. The summed E-state index contributed by atoms with van der Waals surface area (Å²) in [6, 6.07) is 15.3. The Morgan fingerprint density at radius 2 is 1.86 bits per heavy atom. The number of aliphatic hydroxyl groups is 1. The molecule has 0 radical (unpaired) electrons. The van der Waals surface area contributed by atoms with Crippen LogP contribution in [0.1, 0.15) is 52.9 Å². The maximum atomic E-state index is 11.4. The van der Waals surface area contributed by atoms with Gasteiger partial charge in [-0.15, -0.1) is 0 Å². The van der Waals surface area contributed by atoms with Crippen LogP contribution in [0.4, 0.5) is 0 Å². The molecule has 1 unspecified atom stereocenters. The van der Waals surface area contributed by atoms with E-state index in [1.165, 1.54) is 13.2 Å². The molecule has 4 rings (SSSR count). The topological polar surface area (TPSA) is 112 Å². The van der Waals surface area contributed by atoms with Crippen LogP contribution in [0.2, 0.25) is 0 Å². The number of likely N-dealkylation sites (tertiary alicyclic amines) is 1. The summed E-state index contributed by atoms with van der Waals surface area (Å²) in [6.07, 6.45) is 3.83. The summed E-state index contributed by atoms with van der Waals surface area (Å²) in [6.45, 7) is 4.55. The molecule has 1 fully saturated rings. The number of β-amino-alcohol motifs (C(OH)–C–C–N with tert-alkyl or cyclic N) is 1. The van der Waals surface area contributed by atoms with Crippen LogP contribution in [0.15, 0.2) is 54.6 Å². The zero-order valence-corrected chi connectivity index (χ0v) is 21.2. The van der Waals surface area contributed by atoms with E-state index in [0.29, 0.717) is 35.1 Å². The van der Waals surface area contributed by atoms with Crippen molar-refractivity contribution in [3.8, 4) is 5.88 Å². The SMILES string of the molecule is COc1ccc2c(/C=C/C(=O)O)ccc(C(O)CN3CCC(NCc4ccc(C(C)=O)cc4)CC3)c2n1. The number of pyridine rings is 1. The van der Waals surface area contributed by atoms with E-state index >= 15 is 0 Å². The van der Waals surface area contributed by atoms with Crippen LogP contribution in [-0.4, -0.2) is 64.6 Å². The lowest BCUT2D eigenvalue weighted by atomic mass is 9.98. The van der Waals surface area contributed by atoms with Crippen LogP contribution in [0.5, 0.6) is 5.88 Å². The van der Waals surface area contributed by atoms with Gasteiger partial charge in [0.25, 0.3) is 0 Å². The first-order valence-corrected chi connectivity index (χ1v) is 12.5. The molecule has 194 valence electrons. The van der Waals surface area contributed by atoms with Crippen molar-refractivity contribution in [3.63, 3.8) is 0 Å². The number of Topliss-reactive ketones (excluding diaryl/α,β-unsaturated/α-hetero) is 1. The molecular weight excluding hydrogens is 470 g/mol. The Hall–Kier alpha value is -3.59. The van der Waals surface area contributed by atoms with E-state index in [0.717, 1.165) is 55.1 Å². The lowest BCUT2D eigenvalue weighted by Gasteiger charge is -2.33. The normalized spacial score (nSPS) is 15.8. The quantitative estimate of drug-likeness (QED) is 0.283. The predicted octanol–water partition coefficient (Wildman–Crippen LogP) is 3.83. The molecule has 1 aliphatic heterocycles. The summed E-state index contributed by atoms with van der Waals surface area (Å²) in [4.78, 5) is 29.3. The van der Waals surface area contributed by atoms with E-state index in [9.17, 15) is 14.7 Å². The Bertz CT molecular complexity index is 1280. The second-order valence-corrected chi connectivity index (χ2v) is 9.39. The van der Waals surface area contributed by atoms with Crippen LogP contribution in [0, 0.1) is 0 Å². The number of ketones is 1. The fraction of sp³-hybridized carbons (Fsp3) is 0.345. The molecule has 8 heteroatoms. The second-order valence-electron chi connectivity index (χ2n) is 9.39. The smallest absolute Gasteiger partial charge is 0.328 e. The van der Waals surface area contributed by atoms with Gasteiger partial charge in [0.15, 0.2) is 5.78 Å². The molecule has 0 aliphatic carbocycles. The van der Waals surface area contributed by atoms with E-state index < -0.39 is 12.1 Å². The number of fused-ring (bicyclic) bond motifs is 1. The number of aromatic nitrogens is 1. The number of ether oxygens (including phenoxy) is 1. The molecule has 1 aliphatic rings. The molecule has 1 atom stereocenters. The molecular formula is C29H33N3O5. The molecule has 3 aromatic rings. The van der Waals surface area contributed by atoms with Crippen LogP contribution in [0.3, 0.4) is 0 Å². The fourth-order valence-corrected chi connectivity index (χ4v) is 4.71. The van der Waals surface area contributed by atoms with Crippen LogP contribution >= 0.6 is 0 Å². The molecule has 0 bridgehead atoms. The Balaban J connectivity index is 1.37. The average molecular weight is 504 g/mol. The Morgan fingerprint density at radius 1 is 1.14 bits per heavy atom. The van der Waals surface area contributed by atoms with Crippen molar-refractivity contribution < 1.29 is 24.5 Å². The van der Waals surface area contributed by atoms with Gasteiger partial charge in [0.1, 0.15) is 0 Å². The number of carbonyl (C=O) groups excluding carboxylic acids is 1. The highest BCUT2D eigenvalue weighted by Crippen LogP contribution is 2.29. The molecule has 0 spiro atoms. The maximum absolute atomic E-state index is 11.4. The van der Waals surface area contributed by atoms with Crippen LogP contribution < -0.4 is 10.1 Å². The van der Waals surface area contributed by atoms with Gasteiger partial charge in [-0.05, 0) is 56.1 Å². The minimum atomic E-state index is -1.03. The van der Waals surface area contributed by atoms with Crippen LogP contribution in [-0.2, 0) is 11.3 Å². The summed E-state index contributed by atoms with van der Waals surface area (Å²) in [5.74, 6) is -0.520. The van der Waals surface area contributed by atoms with E-state index in [-0.39, 0.29) is 5.78 Å². The number of piperidine rings is 1. The van der Waals surface area contributed by atoms with E-state index in [1.54, 1.807) is 13.0 Å². The number of rotatable bonds is 10. The number of nitrogens with zero attached hydrogens (tertiary/aromatic N) is 2. The number of carboxylic acids is 1. The van der Waals surface area contributed by atoms with Gasteiger partial charge >= 0.3 is 5.97 Å². The highest BCUT2D eigenvalue weighted by atomic mass is 16.5. The Kier molecular flexibility index (Phi) is 8.66. The number of aliphatic hydroxyl groups excluding tert-OH is 1. The van der Waals surface area contributed by atoms with Gasteiger partial charge in [-0.1, -0.05) is 36.4 Å². The summed E-state index contributed by atoms with van der Waals surface area (Å²) >= 11 is 0. The Morgan fingerprint density at radius 3 is 2.51 bits per heavy atom. The second kappa shape index (κ2) is 12.1. The fourth-order valence-electron chi connectivity index (χ4n) is 4.71. The molecule has 2 aromatic carbocycles. The van der Waals surface area contributed by atoms with E-state index in [2.05, 4.69) is 15.2 Å². The minimum Gasteiger partial charge on any atom is -0.481 e. The molecule has 1 aromatic heterocycles. The number of hydrogen-bond acceptors (Lipinski definition) is 7. The van der Waals surface area contributed by atoms with Crippen molar-refractivity contribution in [2.24, 2.45) is 0 Å². The average Bonchev–Trinajstić information content (AvgIpc) is 2.91. The van der Waals surface area contributed by atoms with Crippen molar-refractivity contribution in [2.75, 3.05) is 26.7 Å². The van der Waals surface area contributed by atoms with Crippen LogP contribution in [0.25, 0.3) is 17.0 Å². The summed E-state index contributed by atoms with van der Waals surface area (Å²) in [5.41, 5.74) is 3.89. The first-order chi connectivity index (χ1) is 17.8. The molecule has 1 saturated heterocycles. The number of hydrogen-bond donors (Lipinski definition) is 3. The number of benzene rings is 2. The molecule has 37 heavy (non-hydrogen) atoms.